The molecule has 5 amide bonds. The largest absolute Gasteiger partial charge is 0.496 e. The molecule has 3 N–H and O–H groups in total. The molecule has 5 rings (SSSR count). The Morgan fingerprint density at radius 3 is 2.40 bits per heavy atom. The minimum Gasteiger partial charge on any atom is -0.496 e. The maximum absolute atomic E-state index is 13.6. The van der Waals surface area contributed by atoms with Crippen molar-refractivity contribution in [3.05, 3.63) is 41.5 Å². The van der Waals surface area contributed by atoms with E-state index in [4.69, 9.17) is 14.2 Å². The van der Waals surface area contributed by atoms with E-state index in [1.54, 1.807) is 12.0 Å². The van der Waals surface area contributed by atoms with Gasteiger partial charge < -0.3 is 29.7 Å². The summed E-state index contributed by atoms with van der Waals surface area (Å²) in [5, 5.41) is 4.86. The number of ether oxygens (including phenoxy) is 3. The number of methoxy groups -OCH3 is 1. The molecule has 0 radical (unpaired) electrons. The topological polar surface area (TPSA) is 190 Å². The minimum atomic E-state index is -3.85. The second-order valence-electron chi connectivity index (χ2n) is 15.7. The van der Waals surface area contributed by atoms with Gasteiger partial charge in [-0.3, -0.25) is 24.0 Å². The van der Waals surface area contributed by atoms with E-state index in [0.29, 0.717) is 38.3 Å². The third-order valence-electron chi connectivity index (χ3n) is 10.2. The molecule has 3 fully saturated rings. The van der Waals surface area contributed by atoms with E-state index in [1.807, 2.05) is 32.9 Å². The smallest absolute Gasteiger partial charge is 0.410 e. The van der Waals surface area contributed by atoms with Crippen LogP contribution in [0, 0.1) is 11.3 Å². The van der Waals surface area contributed by atoms with Crippen molar-refractivity contribution in [1.29, 1.82) is 0 Å². The number of hydrogen-bond acceptors (Lipinski definition) is 10. The predicted molar refractivity (Wildman–Crippen MR) is 194 cm³/mol. The van der Waals surface area contributed by atoms with E-state index < -0.39 is 68.8 Å². The van der Waals surface area contributed by atoms with Crippen molar-refractivity contribution < 1.29 is 46.6 Å². The molecule has 4 aliphatic rings. The summed E-state index contributed by atoms with van der Waals surface area (Å²) in [6.45, 7) is 12.5. The lowest BCUT2D eigenvalue weighted by atomic mass is 9.97. The van der Waals surface area contributed by atoms with Crippen molar-refractivity contribution in [3.8, 4) is 5.75 Å². The highest BCUT2D eigenvalue weighted by atomic mass is 32.2. The number of sulfonamides is 1. The van der Waals surface area contributed by atoms with Crippen LogP contribution in [0.4, 0.5) is 9.59 Å². The van der Waals surface area contributed by atoms with Crippen LogP contribution >= 0.6 is 0 Å². The van der Waals surface area contributed by atoms with Gasteiger partial charge in [-0.1, -0.05) is 32.9 Å². The van der Waals surface area contributed by atoms with Crippen LogP contribution in [0.25, 0.3) is 0 Å². The Kier molecular flexibility index (Phi) is 12.0. The zero-order valence-electron chi connectivity index (χ0n) is 31.3. The van der Waals surface area contributed by atoms with Gasteiger partial charge in [-0.25, -0.2) is 18.0 Å². The minimum absolute atomic E-state index is 0.00526. The van der Waals surface area contributed by atoms with Gasteiger partial charge in [-0.05, 0) is 67.6 Å². The van der Waals surface area contributed by atoms with Crippen LogP contribution in [0.2, 0.25) is 0 Å². The summed E-state index contributed by atoms with van der Waals surface area (Å²) < 4.78 is 43.8. The van der Waals surface area contributed by atoms with Crippen LogP contribution in [0.5, 0.6) is 5.75 Å². The molecule has 0 spiro atoms. The zero-order chi connectivity index (χ0) is 38.7. The van der Waals surface area contributed by atoms with Crippen LogP contribution in [0.1, 0.15) is 89.3 Å². The fourth-order valence-corrected chi connectivity index (χ4v) is 8.31. The summed E-state index contributed by atoms with van der Waals surface area (Å²) >= 11 is 0. The van der Waals surface area contributed by atoms with E-state index in [-0.39, 0.29) is 31.3 Å². The number of nitrogens with zero attached hydrogens (tertiary/aromatic N) is 2. The number of benzene rings is 1. The number of fused-ring (bicyclic) bond motifs is 1. The lowest BCUT2D eigenvalue weighted by Crippen LogP contribution is -2.56. The molecule has 4 atom stereocenters. The molecule has 0 bridgehead atoms. The molecular formula is C37H53N5O10S. The highest BCUT2D eigenvalue weighted by Gasteiger charge is 2.62. The van der Waals surface area contributed by atoms with E-state index >= 15 is 0 Å². The highest BCUT2D eigenvalue weighted by molar-refractivity contribution is 7.91. The molecule has 15 nitrogen and oxygen atoms in total. The van der Waals surface area contributed by atoms with E-state index in [1.165, 1.54) is 17.9 Å². The van der Waals surface area contributed by atoms with Crippen LogP contribution in [0.15, 0.2) is 24.8 Å². The summed E-state index contributed by atoms with van der Waals surface area (Å²) in [5.74, 6) is -1.69. The number of likely N-dealkylation sites (tertiary alicyclic amines) is 1. The second-order valence-corrected chi connectivity index (χ2v) is 17.7. The van der Waals surface area contributed by atoms with Crippen molar-refractivity contribution in [1.82, 2.24) is 25.2 Å². The Morgan fingerprint density at radius 1 is 1.06 bits per heavy atom. The van der Waals surface area contributed by atoms with Gasteiger partial charge in [0.25, 0.3) is 5.91 Å². The van der Waals surface area contributed by atoms with Crippen molar-refractivity contribution in [2.24, 2.45) is 11.3 Å². The molecule has 1 saturated heterocycles. The summed E-state index contributed by atoms with van der Waals surface area (Å²) in [5.41, 5.74) is 1.44. The SMILES string of the molecule is C=C[C@@H]1C[C@]1(NC(=O)[C@@H]1C[C@@H](OC(=O)N2Cc3c(CCCCCOC(=O)NCC(C)(C)C)ccc(OC)c3C2)CN1C(C)=O)C(=O)NS(=O)(=O)C1CC1. The van der Waals surface area contributed by atoms with Gasteiger partial charge in [0, 0.05) is 31.4 Å². The molecule has 2 aliphatic heterocycles. The zero-order valence-corrected chi connectivity index (χ0v) is 32.1. The first-order valence-corrected chi connectivity index (χ1v) is 19.8. The molecule has 0 unspecified atom stereocenters. The third kappa shape index (κ3) is 9.61. The monoisotopic (exact) mass is 759 g/mol. The molecule has 53 heavy (non-hydrogen) atoms. The Morgan fingerprint density at radius 2 is 1.77 bits per heavy atom. The summed E-state index contributed by atoms with van der Waals surface area (Å²) in [4.78, 5) is 67.7. The number of unbranched alkanes of at least 4 members (excludes halogenated alkanes) is 2. The molecule has 292 valence electrons. The molecule has 16 heteroatoms. The molecule has 2 saturated carbocycles. The maximum Gasteiger partial charge on any atom is 0.410 e. The number of amides is 5. The first-order chi connectivity index (χ1) is 25.0. The van der Waals surface area contributed by atoms with Crippen molar-refractivity contribution in [3.63, 3.8) is 0 Å². The highest BCUT2D eigenvalue weighted by Crippen LogP contribution is 2.45. The number of hydrogen-bond donors (Lipinski definition) is 3. The van der Waals surface area contributed by atoms with Crippen molar-refractivity contribution in [2.45, 2.75) is 115 Å². The van der Waals surface area contributed by atoms with E-state index in [0.717, 1.165) is 42.4 Å². The van der Waals surface area contributed by atoms with Crippen LogP contribution < -0.4 is 20.1 Å². The number of nitrogens with one attached hydrogen (secondary N) is 3. The maximum atomic E-state index is 13.6. The first kappa shape index (κ1) is 39.9. The van der Waals surface area contributed by atoms with Gasteiger partial charge in [-0.2, -0.15) is 0 Å². The molecule has 0 aromatic heterocycles. The lowest BCUT2D eigenvalue weighted by molar-refractivity contribution is -0.138. The molecular weight excluding hydrogens is 706 g/mol. The molecule has 1 aromatic rings. The van der Waals surface area contributed by atoms with Crippen LogP contribution in [-0.2, 0) is 53.4 Å². The standard InChI is InChI=1S/C37H53N5O10S/c1-7-25-18-37(25,33(45)40-53(48,49)27-13-14-27)39-32(44)30-17-26(19-42(30)23(2)43)52-35(47)41-20-28-24(12-15-31(50-6)29(28)21-41)11-9-8-10-16-51-34(46)38-22-36(3,4)5/h7,12,15,25-27,30H,1,8-11,13-14,16-22H2,2-6H3,(H,38,46)(H,39,44)(H,40,45)/t25-,26-,30+,37-/m1/s1. The van der Waals surface area contributed by atoms with Gasteiger partial charge in [0.1, 0.15) is 23.4 Å². The van der Waals surface area contributed by atoms with Crippen molar-refractivity contribution in [2.75, 3.05) is 26.8 Å². The second kappa shape index (κ2) is 15.9. The Hall–Kier alpha value is -4.34. The Balaban J connectivity index is 1.14. The average molecular weight is 760 g/mol. The summed E-state index contributed by atoms with van der Waals surface area (Å²) in [7, 11) is -2.27. The molecule has 2 heterocycles. The Labute approximate surface area is 311 Å². The number of alkyl carbamates (subject to hydrolysis) is 1. The number of aryl methyl sites for hydroxylation is 1. The number of carbonyl (C=O) groups excluding carboxylic acids is 5. The summed E-state index contributed by atoms with van der Waals surface area (Å²) in [6, 6.07) is 2.85. The lowest BCUT2D eigenvalue weighted by Gasteiger charge is -2.25. The molecule has 1 aromatic carbocycles. The predicted octanol–water partition coefficient (Wildman–Crippen LogP) is 3.29. The van der Waals surface area contributed by atoms with Gasteiger partial charge >= 0.3 is 12.2 Å². The quantitative estimate of drug-likeness (QED) is 0.177. The van der Waals surface area contributed by atoms with Gasteiger partial charge in [0.2, 0.25) is 21.8 Å². The Bertz CT molecular complexity index is 1720. The van der Waals surface area contributed by atoms with Gasteiger partial charge in [0.15, 0.2) is 0 Å². The third-order valence-corrected chi connectivity index (χ3v) is 12.1. The van der Waals surface area contributed by atoms with Gasteiger partial charge in [0.05, 0.1) is 38.6 Å². The van der Waals surface area contributed by atoms with Crippen molar-refractivity contribution >= 4 is 39.9 Å². The fourth-order valence-electron chi connectivity index (χ4n) is 6.95. The normalized spacial score (nSPS) is 23.5. The van der Waals surface area contributed by atoms with Crippen LogP contribution in [-0.4, -0.2) is 97.9 Å². The van der Waals surface area contributed by atoms with E-state index in [2.05, 4.69) is 21.9 Å². The number of rotatable bonds is 15. The first-order valence-electron chi connectivity index (χ1n) is 18.3. The number of carbonyl (C=O) groups is 5. The van der Waals surface area contributed by atoms with Gasteiger partial charge in [-0.15, -0.1) is 6.58 Å². The van der Waals surface area contributed by atoms with E-state index in [9.17, 15) is 32.4 Å². The average Bonchev–Trinajstić information content (AvgIpc) is 3.98. The fraction of sp³-hybridized carbons (Fsp3) is 0.649. The summed E-state index contributed by atoms with van der Waals surface area (Å²) in [6.07, 6.45) is 4.00. The van der Waals surface area contributed by atoms with Crippen LogP contribution in [0.3, 0.4) is 0 Å². The molecule has 2 aliphatic carbocycles.